The molecule has 144 valence electrons. The Morgan fingerprint density at radius 1 is 1.33 bits per heavy atom. The van der Waals surface area contributed by atoms with Crippen LogP contribution in [0, 0.1) is 5.92 Å². The number of hydrogen-bond acceptors (Lipinski definition) is 4. The summed E-state index contributed by atoms with van der Waals surface area (Å²) in [6.45, 7) is 7.13. The molecule has 0 bridgehead atoms. The summed E-state index contributed by atoms with van der Waals surface area (Å²) < 4.78 is 6.66. The number of rotatable bonds is 7. The third-order valence-corrected chi connectivity index (χ3v) is 6.55. The number of hydrogen-bond donors (Lipinski definition) is 0. The minimum absolute atomic E-state index is 0.0342. The van der Waals surface area contributed by atoms with E-state index in [1.54, 1.807) is 4.90 Å². The molecular weight excluding hydrogens is 374 g/mol. The summed E-state index contributed by atoms with van der Waals surface area (Å²) in [5, 5.41) is 0. The van der Waals surface area contributed by atoms with Crippen molar-refractivity contribution < 1.29 is 9.53 Å². The van der Waals surface area contributed by atoms with E-state index in [9.17, 15) is 4.79 Å². The molecule has 1 saturated heterocycles. The van der Waals surface area contributed by atoms with Crippen molar-refractivity contribution >= 4 is 40.3 Å². The average molecular weight is 402 g/mol. The van der Waals surface area contributed by atoms with Crippen molar-refractivity contribution in [2.75, 3.05) is 6.54 Å². The smallest absolute Gasteiger partial charge is 0.266 e. The van der Waals surface area contributed by atoms with Crippen molar-refractivity contribution in [1.29, 1.82) is 0 Å². The monoisotopic (exact) mass is 401 g/mol. The summed E-state index contributed by atoms with van der Waals surface area (Å²) in [5.41, 5.74) is 2.05. The Morgan fingerprint density at radius 2 is 2.11 bits per heavy atom. The van der Waals surface area contributed by atoms with Crippen molar-refractivity contribution in [2.24, 2.45) is 5.92 Å². The van der Waals surface area contributed by atoms with E-state index in [0.717, 1.165) is 36.3 Å². The van der Waals surface area contributed by atoms with E-state index in [2.05, 4.69) is 19.9 Å². The topological polar surface area (TPSA) is 29.5 Å². The zero-order valence-corrected chi connectivity index (χ0v) is 17.9. The third kappa shape index (κ3) is 4.64. The highest BCUT2D eigenvalue weighted by molar-refractivity contribution is 8.26. The number of unbranched alkanes of at least 4 members (excludes halogenated alkanes) is 1. The van der Waals surface area contributed by atoms with Gasteiger partial charge in [0.05, 0.1) is 4.91 Å². The molecule has 0 spiro atoms. The third-order valence-electron chi connectivity index (χ3n) is 5.17. The molecule has 5 heteroatoms. The summed E-state index contributed by atoms with van der Waals surface area (Å²) in [6, 6.07) is 7.96. The summed E-state index contributed by atoms with van der Waals surface area (Å²) in [6.07, 6.45) is 8.57. The van der Waals surface area contributed by atoms with Gasteiger partial charge in [-0.2, -0.15) is 0 Å². The van der Waals surface area contributed by atoms with Crippen molar-refractivity contribution in [3.05, 3.63) is 46.4 Å². The number of fused-ring (bicyclic) bond motifs is 1. The Labute approximate surface area is 171 Å². The van der Waals surface area contributed by atoms with Gasteiger partial charge in [-0.05, 0) is 43.1 Å². The zero-order valence-electron chi connectivity index (χ0n) is 16.2. The molecule has 2 aliphatic heterocycles. The van der Waals surface area contributed by atoms with Gasteiger partial charge >= 0.3 is 0 Å². The molecule has 1 aromatic carbocycles. The van der Waals surface area contributed by atoms with Gasteiger partial charge in [0.25, 0.3) is 5.91 Å². The van der Waals surface area contributed by atoms with Crippen LogP contribution in [-0.4, -0.2) is 27.8 Å². The molecule has 0 saturated carbocycles. The van der Waals surface area contributed by atoms with Gasteiger partial charge in [0.1, 0.15) is 16.2 Å². The van der Waals surface area contributed by atoms with Crippen LogP contribution < -0.4 is 4.74 Å². The van der Waals surface area contributed by atoms with Gasteiger partial charge in [-0.15, -0.1) is 0 Å². The van der Waals surface area contributed by atoms with Gasteiger partial charge < -0.3 is 4.74 Å². The molecule has 0 radical (unpaired) electrons. The first-order valence-electron chi connectivity index (χ1n) is 9.76. The Kier molecular flexibility index (Phi) is 6.77. The summed E-state index contributed by atoms with van der Waals surface area (Å²) in [7, 11) is 0. The number of benzene rings is 1. The quantitative estimate of drug-likeness (QED) is 0.426. The molecule has 3 rings (SSSR count). The zero-order chi connectivity index (χ0) is 19.4. The molecule has 2 heterocycles. The van der Waals surface area contributed by atoms with Crippen LogP contribution in [0.5, 0.6) is 5.75 Å². The molecule has 0 aromatic heterocycles. The van der Waals surface area contributed by atoms with Gasteiger partial charge in [-0.3, -0.25) is 9.69 Å². The Hall–Kier alpha value is -1.59. The molecule has 2 unspecified atom stereocenters. The second kappa shape index (κ2) is 9.07. The minimum Gasteiger partial charge on any atom is -0.485 e. The lowest BCUT2D eigenvalue weighted by Gasteiger charge is -2.23. The highest BCUT2D eigenvalue weighted by atomic mass is 32.2. The second-order valence-electron chi connectivity index (χ2n) is 7.15. The summed E-state index contributed by atoms with van der Waals surface area (Å²) in [5.74, 6) is 1.43. The second-order valence-corrected chi connectivity index (χ2v) is 8.83. The van der Waals surface area contributed by atoms with E-state index in [1.807, 2.05) is 37.3 Å². The van der Waals surface area contributed by atoms with Gasteiger partial charge in [0.2, 0.25) is 0 Å². The summed E-state index contributed by atoms with van der Waals surface area (Å²) in [4.78, 5) is 15.4. The van der Waals surface area contributed by atoms with E-state index in [-0.39, 0.29) is 12.0 Å². The first-order valence-corrected chi connectivity index (χ1v) is 11.0. The van der Waals surface area contributed by atoms with Crippen molar-refractivity contribution in [2.45, 2.75) is 52.6 Å². The van der Waals surface area contributed by atoms with Gasteiger partial charge in [0, 0.05) is 12.1 Å². The van der Waals surface area contributed by atoms with Crippen LogP contribution in [0.2, 0.25) is 0 Å². The predicted molar refractivity (Wildman–Crippen MR) is 118 cm³/mol. The maximum Gasteiger partial charge on any atom is 0.266 e. The van der Waals surface area contributed by atoms with E-state index in [0.29, 0.717) is 15.1 Å². The standard InChI is InChI=1S/C22H27NO2S2/c1-4-6-9-16(5-2)14-23-21(24)20(27-22(23)26)13-18-12-17-10-7-8-11-19(17)25-15(18)3/h7-8,10-13,15-16H,4-6,9,14H2,1-3H3. The van der Waals surface area contributed by atoms with Crippen LogP contribution in [0.25, 0.3) is 6.08 Å². The molecule has 3 nitrogen and oxygen atoms in total. The first kappa shape index (κ1) is 20.2. The van der Waals surface area contributed by atoms with Crippen LogP contribution in [0.4, 0.5) is 0 Å². The fraction of sp³-hybridized carbons (Fsp3) is 0.455. The Bertz CT molecular complexity index is 784. The van der Waals surface area contributed by atoms with Crippen LogP contribution in [0.15, 0.2) is 40.8 Å². The first-order chi connectivity index (χ1) is 13.0. The number of thioether (sulfide) groups is 1. The van der Waals surface area contributed by atoms with Crippen molar-refractivity contribution in [3.63, 3.8) is 0 Å². The number of amides is 1. The molecule has 2 atom stereocenters. The molecule has 0 aliphatic carbocycles. The van der Waals surface area contributed by atoms with Crippen LogP contribution >= 0.6 is 24.0 Å². The molecular formula is C22H27NO2S2. The molecule has 1 fully saturated rings. The van der Waals surface area contributed by atoms with Gasteiger partial charge in [-0.1, -0.05) is 75.3 Å². The number of nitrogens with zero attached hydrogens (tertiary/aromatic N) is 1. The molecule has 0 N–H and O–H groups in total. The van der Waals surface area contributed by atoms with Crippen LogP contribution in [0.1, 0.15) is 52.0 Å². The highest BCUT2D eigenvalue weighted by Gasteiger charge is 2.34. The number of carbonyl (C=O) groups is 1. The van der Waals surface area contributed by atoms with Gasteiger partial charge in [-0.25, -0.2) is 0 Å². The SMILES string of the molecule is CCCCC(CC)CN1C(=O)C(=CC2=Cc3ccccc3OC2C)SC1=S. The largest absolute Gasteiger partial charge is 0.485 e. The predicted octanol–water partition coefficient (Wildman–Crippen LogP) is 5.81. The number of thiocarbonyl (C=S) groups is 1. The van der Waals surface area contributed by atoms with Crippen molar-refractivity contribution in [1.82, 2.24) is 4.90 Å². The fourth-order valence-electron chi connectivity index (χ4n) is 3.41. The maximum atomic E-state index is 12.9. The van der Waals surface area contributed by atoms with E-state index >= 15 is 0 Å². The highest BCUT2D eigenvalue weighted by Crippen LogP contribution is 2.36. The fourth-order valence-corrected chi connectivity index (χ4v) is 4.68. The lowest BCUT2D eigenvalue weighted by Crippen LogP contribution is -2.33. The van der Waals surface area contributed by atoms with Gasteiger partial charge in [0.15, 0.2) is 0 Å². The van der Waals surface area contributed by atoms with E-state index in [4.69, 9.17) is 17.0 Å². The van der Waals surface area contributed by atoms with Crippen molar-refractivity contribution in [3.8, 4) is 5.75 Å². The maximum absolute atomic E-state index is 12.9. The molecule has 27 heavy (non-hydrogen) atoms. The number of para-hydroxylation sites is 1. The lowest BCUT2D eigenvalue weighted by molar-refractivity contribution is -0.122. The average Bonchev–Trinajstić information content (AvgIpc) is 2.92. The molecule has 2 aliphatic rings. The summed E-state index contributed by atoms with van der Waals surface area (Å²) >= 11 is 6.92. The lowest BCUT2D eigenvalue weighted by atomic mass is 9.99. The minimum atomic E-state index is -0.0867. The van der Waals surface area contributed by atoms with Crippen LogP contribution in [-0.2, 0) is 4.79 Å². The van der Waals surface area contributed by atoms with E-state index in [1.165, 1.54) is 24.6 Å². The van der Waals surface area contributed by atoms with Crippen LogP contribution in [0.3, 0.4) is 0 Å². The molecule has 1 amide bonds. The number of ether oxygens (including phenoxy) is 1. The molecule has 1 aromatic rings. The van der Waals surface area contributed by atoms with E-state index < -0.39 is 0 Å². The Balaban J connectivity index is 1.77. The Morgan fingerprint density at radius 3 is 2.85 bits per heavy atom. The number of carbonyl (C=O) groups excluding carboxylic acids is 1. The normalized spacial score (nSPS) is 21.9.